The van der Waals surface area contributed by atoms with Crippen LogP contribution in [0.2, 0.25) is 0 Å². The van der Waals surface area contributed by atoms with Gasteiger partial charge in [-0.2, -0.15) is 5.26 Å². The van der Waals surface area contributed by atoms with Gasteiger partial charge < -0.3 is 5.73 Å². The van der Waals surface area contributed by atoms with Crippen molar-refractivity contribution in [3.8, 4) is 6.07 Å². The lowest BCUT2D eigenvalue weighted by molar-refractivity contribution is 0.227. The van der Waals surface area contributed by atoms with E-state index in [0.29, 0.717) is 17.4 Å². The third-order valence-electron chi connectivity index (χ3n) is 4.44. The minimum Gasteiger partial charge on any atom is -0.398 e. The summed E-state index contributed by atoms with van der Waals surface area (Å²) in [5, 5.41) is 8.81. The van der Waals surface area contributed by atoms with Crippen molar-refractivity contribution in [2.75, 3.05) is 5.73 Å². The molecule has 21 heavy (non-hydrogen) atoms. The molecule has 1 aliphatic carbocycles. The molecule has 5 nitrogen and oxygen atoms in total. The fourth-order valence-electron chi connectivity index (χ4n) is 2.87. The highest BCUT2D eigenvalue weighted by molar-refractivity contribution is 7.89. The lowest BCUT2D eigenvalue weighted by Gasteiger charge is -2.34. The topological polar surface area (TPSA) is 96.0 Å². The molecule has 0 aliphatic heterocycles. The molecule has 1 fully saturated rings. The Kier molecular flexibility index (Phi) is 4.55. The highest BCUT2D eigenvalue weighted by Crippen LogP contribution is 2.31. The first-order chi connectivity index (χ1) is 9.85. The maximum atomic E-state index is 12.5. The zero-order chi connectivity index (χ0) is 15.6. The lowest BCUT2D eigenvalue weighted by Crippen LogP contribution is -2.43. The number of hydrogen-bond donors (Lipinski definition) is 2. The second-order valence-electron chi connectivity index (χ2n) is 5.86. The summed E-state index contributed by atoms with van der Waals surface area (Å²) in [6.45, 7) is 4.24. The van der Waals surface area contributed by atoms with Crippen LogP contribution in [-0.4, -0.2) is 14.5 Å². The smallest absolute Gasteiger partial charge is 0.242 e. The second kappa shape index (κ2) is 6.04. The van der Waals surface area contributed by atoms with Gasteiger partial charge in [0.1, 0.15) is 4.90 Å². The van der Waals surface area contributed by atoms with E-state index in [9.17, 15) is 8.42 Å². The van der Waals surface area contributed by atoms with Crippen LogP contribution in [0.4, 0.5) is 5.69 Å². The summed E-state index contributed by atoms with van der Waals surface area (Å²) in [6, 6.07) is 6.14. The van der Waals surface area contributed by atoms with Crippen LogP contribution < -0.4 is 10.5 Å². The molecule has 114 valence electrons. The van der Waals surface area contributed by atoms with E-state index in [1.54, 1.807) is 0 Å². The molecule has 0 aromatic heterocycles. The summed E-state index contributed by atoms with van der Waals surface area (Å²) in [6.07, 6.45) is 3.01. The fourth-order valence-corrected chi connectivity index (χ4v) is 4.35. The minimum absolute atomic E-state index is 0.0481. The Bertz CT molecular complexity index is 664. The van der Waals surface area contributed by atoms with Gasteiger partial charge in [0.05, 0.1) is 17.3 Å². The predicted octanol–water partition coefficient (Wildman–Crippen LogP) is 2.24. The first-order valence-electron chi connectivity index (χ1n) is 7.17. The molecule has 2 rings (SSSR count). The molecule has 1 aromatic rings. The van der Waals surface area contributed by atoms with Gasteiger partial charge in [-0.15, -0.1) is 0 Å². The zero-order valence-electron chi connectivity index (χ0n) is 12.3. The van der Waals surface area contributed by atoms with Crippen LogP contribution in [0.15, 0.2) is 23.1 Å². The van der Waals surface area contributed by atoms with E-state index in [1.807, 2.05) is 6.07 Å². The van der Waals surface area contributed by atoms with Gasteiger partial charge in [-0.05, 0) is 36.5 Å². The summed E-state index contributed by atoms with van der Waals surface area (Å²) in [4.78, 5) is 0.0481. The molecule has 0 bridgehead atoms. The molecule has 1 aliphatic rings. The Hall–Kier alpha value is -1.58. The van der Waals surface area contributed by atoms with Gasteiger partial charge in [-0.25, -0.2) is 13.1 Å². The predicted molar refractivity (Wildman–Crippen MR) is 81.9 cm³/mol. The zero-order valence-corrected chi connectivity index (χ0v) is 13.2. The quantitative estimate of drug-likeness (QED) is 0.837. The Morgan fingerprint density at radius 2 is 2.05 bits per heavy atom. The fraction of sp³-hybridized carbons (Fsp3) is 0.533. The molecule has 3 atom stereocenters. The summed E-state index contributed by atoms with van der Waals surface area (Å²) >= 11 is 0. The molecule has 3 unspecified atom stereocenters. The average Bonchev–Trinajstić information content (AvgIpc) is 2.43. The highest BCUT2D eigenvalue weighted by atomic mass is 32.2. The molecular weight excluding hydrogens is 286 g/mol. The molecule has 0 saturated heterocycles. The van der Waals surface area contributed by atoms with Crippen molar-refractivity contribution in [2.24, 2.45) is 11.8 Å². The van der Waals surface area contributed by atoms with Gasteiger partial charge in [-0.1, -0.05) is 26.7 Å². The number of sulfonamides is 1. The van der Waals surface area contributed by atoms with Crippen LogP contribution in [0.5, 0.6) is 0 Å². The number of nitrogens with zero attached hydrogens (tertiary/aromatic N) is 1. The summed E-state index contributed by atoms with van der Waals surface area (Å²) < 4.78 is 27.8. The van der Waals surface area contributed by atoms with E-state index < -0.39 is 10.0 Å². The molecular formula is C15H21N3O2S. The number of rotatable bonds is 3. The van der Waals surface area contributed by atoms with E-state index in [2.05, 4.69) is 18.6 Å². The van der Waals surface area contributed by atoms with Gasteiger partial charge in [0.25, 0.3) is 0 Å². The Balaban J connectivity index is 2.25. The number of hydrogen-bond acceptors (Lipinski definition) is 4. The number of benzene rings is 1. The van der Waals surface area contributed by atoms with Crippen molar-refractivity contribution in [3.63, 3.8) is 0 Å². The summed E-state index contributed by atoms with van der Waals surface area (Å²) in [7, 11) is -3.66. The normalized spacial score (nSPS) is 26.2. The largest absolute Gasteiger partial charge is 0.398 e. The Morgan fingerprint density at radius 1 is 1.33 bits per heavy atom. The minimum atomic E-state index is -3.66. The van der Waals surface area contributed by atoms with Crippen molar-refractivity contribution in [1.82, 2.24) is 4.72 Å². The molecule has 6 heteroatoms. The first-order valence-corrected chi connectivity index (χ1v) is 8.65. The van der Waals surface area contributed by atoms with E-state index in [4.69, 9.17) is 11.0 Å². The summed E-state index contributed by atoms with van der Waals surface area (Å²) in [5.41, 5.74) is 6.24. The van der Waals surface area contributed by atoms with E-state index in [-0.39, 0.29) is 16.6 Å². The van der Waals surface area contributed by atoms with Gasteiger partial charge in [0, 0.05) is 6.04 Å². The summed E-state index contributed by atoms with van der Waals surface area (Å²) in [5.74, 6) is 0.804. The lowest BCUT2D eigenvalue weighted by atomic mass is 9.78. The highest BCUT2D eigenvalue weighted by Gasteiger charge is 2.31. The van der Waals surface area contributed by atoms with Crippen LogP contribution >= 0.6 is 0 Å². The van der Waals surface area contributed by atoms with Crippen LogP contribution in [0.3, 0.4) is 0 Å². The van der Waals surface area contributed by atoms with Crippen molar-refractivity contribution >= 4 is 15.7 Å². The van der Waals surface area contributed by atoms with Crippen LogP contribution in [0, 0.1) is 23.2 Å². The average molecular weight is 307 g/mol. The maximum Gasteiger partial charge on any atom is 0.242 e. The Labute approximate surface area is 126 Å². The van der Waals surface area contributed by atoms with Gasteiger partial charge >= 0.3 is 0 Å². The van der Waals surface area contributed by atoms with E-state index in [0.717, 1.165) is 19.3 Å². The molecule has 0 spiro atoms. The van der Waals surface area contributed by atoms with Crippen molar-refractivity contribution in [2.45, 2.75) is 44.0 Å². The number of nitrogens with one attached hydrogen (secondary N) is 1. The second-order valence-corrected chi connectivity index (χ2v) is 7.54. The van der Waals surface area contributed by atoms with Gasteiger partial charge in [0.15, 0.2) is 0 Å². The van der Waals surface area contributed by atoms with Gasteiger partial charge in [0.2, 0.25) is 10.0 Å². The SMILES string of the molecule is CC1CCCC(NS(=O)(=O)c2ccc(C#N)cc2N)C1C. The third-order valence-corrected chi connectivity index (χ3v) is 6.01. The van der Waals surface area contributed by atoms with Crippen molar-refractivity contribution in [3.05, 3.63) is 23.8 Å². The van der Waals surface area contributed by atoms with Crippen LogP contribution in [0.25, 0.3) is 0 Å². The standard InChI is InChI=1S/C15H21N3O2S/c1-10-4-3-5-14(11(10)2)18-21(19,20)15-7-6-12(9-16)8-13(15)17/h6-8,10-11,14,18H,3-5,17H2,1-2H3. The van der Waals surface area contributed by atoms with Crippen LogP contribution in [-0.2, 0) is 10.0 Å². The Morgan fingerprint density at radius 3 is 2.67 bits per heavy atom. The van der Waals surface area contributed by atoms with E-state index >= 15 is 0 Å². The third kappa shape index (κ3) is 3.36. The number of nitrogen functional groups attached to an aromatic ring is 1. The number of nitriles is 1. The molecule has 0 amide bonds. The number of nitrogens with two attached hydrogens (primary N) is 1. The number of anilines is 1. The molecule has 1 saturated carbocycles. The molecule has 3 N–H and O–H groups in total. The van der Waals surface area contributed by atoms with Gasteiger partial charge in [-0.3, -0.25) is 0 Å². The van der Waals surface area contributed by atoms with Crippen molar-refractivity contribution in [1.29, 1.82) is 5.26 Å². The molecule has 0 radical (unpaired) electrons. The monoisotopic (exact) mass is 307 g/mol. The van der Waals surface area contributed by atoms with E-state index in [1.165, 1.54) is 18.2 Å². The maximum absolute atomic E-state index is 12.5. The first kappa shape index (κ1) is 15.8. The molecule has 1 aromatic carbocycles. The molecule has 0 heterocycles. The van der Waals surface area contributed by atoms with Crippen LogP contribution in [0.1, 0.15) is 38.7 Å². The van der Waals surface area contributed by atoms with Crippen molar-refractivity contribution < 1.29 is 8.42 Å².